The highest BCUT2D eigenvalue weighted by Gasteiger charge is 2.25. The lowest BCUT2D eigenvalue weighted by atomic mass is 10.0. The molecule has 0 unspecified atom stereocenters. The quantitative estimate of drug-likeness (QED) is 0.223. The summed E-state index contributed by atoms with van der Waals surface area (Å²) >= 11 is 1.54. The average Bonchev–Trinajstić information content (AvgIpc) is 3.39. The molecular formula is C32H43N5O3S. The summed E-state index contributed by atoms with van der Waals surface area (Å²) in [6, 6.07) is 14.8. The maximum atomic E-state index is 13.6. The first kappa shape index (κ1) is 32.0. The van der Waals surface area contributed by atoms with Gasteiger partial charge in [-0.2, -0.15) is 0 Å². The highest BCUT2D eigenvalue weighted by Crippen LogP contribution is 2.24. The number of amides is 3. The zero-order chi connectivity index (χ0) is 29.8. The lowest BCUT2D eigenvalue weighted by Gasteiger charge is -2.24. The molecule has 1 aromatic heterocycles. The van der Waals surface area contributed by atoms with Gasteiger partial charge in [0.15, 0.2) is 0 Å². The van der Waals surface area contributed by atoms with Crippen molar-refractivity contribution >= 4 is 39.3 Å². The summed E-state index contributed by atoms with van der Waals surface area (Å²) in [4.78, 5) is 45.7. The molecule has 3 N–H and O–H groups in total. The summed E-state index contributed by atoms with van der Waals surface area (Å²) in [5.74, 6) is -0.751. The van der Waals surface area contributed by atoms with Gasteiger partial charge in [0.25, 0.3) is 0 Å². The second-order valence-corrected chi connectivity index (χ2v) is 11.2. The average molecular weight is 578 g/mol. The van der Waals surface area contributed by atoms with Crippen LogP contribution >= 0.6 is 11.3 Å². The van der Waals surface area contributed by atoms with E-state index in [1.54, 1.807) is 18.3 Å². The SMILES string of the molecule is C=C(CN(CC)CC)C(=O)NC[C@H](Cc1ccccc1)NC(=O)[C@H](Cc1nc2ccc(CC)cc2s1)NC(=O)CC. The zero-order valence-corrected chi connectivity index (χ0v) is 25.5. The molecule has 1 heterocycles. The molecule has 0 aliphatic rings. The Morgan fingerprint density at radius 2 is 1.68 bits per heavy atom. The van der Waals surface area contributed by atoms with Crippen LogP contribution in [0.25, 0.3) is 10.2 Å². The van der Waals surface area contributed by atoms with Crippen molar-refractivity contribution in [2.75, 3.05) is 26.2 Å². The summed E-state index contributed by atoms with van der Waals surface area (Å²) in [5.41, 5.74) is 3.62. The van der Waals surface area contributed by atoms with Crippen LogP contribution < -0.4 is 16.0 Å². The number of nitrogens with one attached hydrogen (secondary N) is 3. The standard InChI is InChI=1S/C32H43N5O3S/c1-6-23-15-16-26-28(18-23)41-30(36-26)19-27(35-29(38)7-2)32(40)34-25(17-24-13-11-10-12-14-24)20-33-31(39)22(5)21-37(8-3)9-4/h10-16,18,25,27H,5-9,17,19-21H2,1-4H3,(H,33,39)(H,34,40)(H,35,38)/t25-,27-/m0/s1. The maximum absolute atomic E-state index is 13.6. The van der Waals surface area contributed by atoms with Crippen molar-refractivity contribution in [2.45, 2.75) is 65.5 Å². The molecule has 0 spiro atoms. The summed E-state index contributed by atoms with van der Waals surface area (Å²) in [7, 11) is 0. The van der Waals surface area contributed by atoms with Gasteiger partial charge in [-0.25, -0.2) is 4.98 Å². The number of thiazole rings is 1. The lowest BCUT2D eigenvalue weighted by molar-refractivity contribution is -0.129. The zero-order valence-electron chi connectivity index (χ0n) is 24.7. The molecule has 0 saturated carbocycles. The molecule has 3 aromatic rings. The van der Waals surface area contributed by atoms with Crippen molar-refractivity contribution in [1.82, 2.24) is 25.8 Å². The summed E-state index contributed by atoms with van der Waals surface area (Å²) in [6.45, 7) is 14.3. The Labute approximate surface area is 247 Å². The Kier molecular flexibility index (Phi) is 12.5. The van der Waals surface area contributed by atoms with E-state index in [-0.39, 0.29) is 37.1 Å². The fourth-order valence-corrected chi connectivity index (χ4v) is 5.59. The number of nitrogens with zero attached hydrogens (tertiary/aromatic N) is 2. The Balaban J connectivity index is 1.75. The molecule has 2 aromatic carbocycles. The Morgan fingerprint density at radius 3 is 2.34 bits per heavy atom. The molecule has 3 amide bonds. The van der Waals surface area contributed by atoms with Crippen LogP contribution in [0.5, 0.6) is 0 Å². The van der Waals surface area contributed by atoms with Crippen LogP contribution in [0.4, 0.5) is 0 Å². The number of aryl methyl sites for hydroxylation is 1. The molecule has 220 valence electrons. The summed E-state index contributed by atoms with van der Waals surface area (Å²) in [6.07, 6.45) is 2.00. The minimum absolute atomic E-state index is 0.208. The maximum Gasteiger partial charge on any atom is 0.247 e. The number of carbonyl (C=O) groups is 3. The van der Waals surface area contributed by atoms with Gasteiger partial charge in [0, 0.05) is 31.5 Å². The number of aromatic nitrogens is 1. The van der Waals surface area contributed by atoms with Crippen LogP contribution in [-0.2, 0) is 33.6 Å². The molecule has 0 fully saturated rings. The van der Waals surface area contributed by atoms with Crippen LogP contribution in [0.3, 0.4) is 0 Å². The first-order valence-electron chi connectivity index (χ1n) is 14.5. The van der Waals surface area contributed by atoms with Gasteiger partial charge in [-0.1, -0.05) is 70.7 Å². The predicted octanol–water partition coefficient (Wildman–Crippen LogP) is 4.04. The minimum Gasteiger partial charge on any atom is -0.350 e. The second kappa shape index (κ2) is 16.0. The van der Waals surface area contributed by atoms with Gasteiger partial charge in [0.05, 0.1) is 21.3 Å². The highest BCUT2D eigenvalue weighted by molar-refractivity contribution is 7.18. The third-order valence-corrected chi connectivity index (χ3v) is 8.11. The lowest BCUT2D eigenvalue weighted by Crippen LogP contribution is -2.53. The third-order valence-electron chi connectivity index (χ3n) is 7.07. The van der Waals surface area contributed by atoms with E-state index in [9.17, 15) is 14.4 Å². The van der Waals surface area contributed by atoms with Gasteiger partial charge >= 0.3 is 0 Å². The van der Waals surface area contributed by atoms with Gasteiger partial charge in [0.1, 0.15) is 6.04 Å². The smallest absolute Gasteiger partial charge is 0.247 e. The largest absolute Gasteiger partial charge is 0.350 e. The molecular weight excluding hydrogens is 534 g/mol. The molecule has 0 bridgehead atoms. The molecule has 9 heteroatoms. The van der Waals surface area contributed by atoms with Gasteiger partial charge in [0.2, 0.25) is 17.7 Å². The predicted molar refractivity (Wildman–Crippen MR) is 167 cm³/mol. The van der Waals surface area contributed by atoms with E-state index in [1.165, 1.54) is 5.56 Å². The molecule has 8 nitrogen and oxygen atoms in total. The molecule has 3 rings (SSSR count). The van der Waals surface area contributed by atoms with Gasteiger partial charge < -0.3 is 16.0 Å². The van der Waals surface area contributed by atoms with Crippen molar-refractivity contribution in [1.29, 1.82) is 0 Å². The number of likely N-dealkylation sites (N-methyl/N-ethyl adjacent to an activating group) is 1. The number of benzene rings is 2. The van der Waals surface area contributed by atoms with Crippen LogP contribution in [0.1, 0.15) is 50.3 Å². The van der Waals surface area contributed by atoms with Crippen molar-refractivity contribution in [2.24, 2.45) is 0 Å². The fraction of sp³-hybridized carbons (Fsp3) is 0.438. The van der Waals surface area contributed by atoms with Gasteiger partial charge in [-0.15, -0.1) is 11.3 Å². The number of carbonyl (C=O) groups excluding carboxylic acids is 3. The van der Waals surface area contributed by atoms with Crippen LogP contribution in [0.15, 0.2) is 60.7 Å². The van der Waals surface area contributed by atoms with Gasteiger partial charge in [-0.3, -0.25) is 19.3 Å². The topological polar surface area (TPSA) is 103 Å². The normalized spacial score (nSPS) is 12.6. The first-order chi connectivity index (χ1) is 19.8. The molecule has 0 aliphatic carbocycles. The minimum atomic E-state index is -0.791. The molecule has 41 heavy (non-hydrogen) atoms. The number of fused-ring (bicyclic) bond motifs is 1. The Bertz CT molecular complexity index is 1320. The van der Waals surface area contributed by atoms with E-state index >= 15 is 0 Å². The van der Waals surface area contributed by atoms with E-state index in [0.717, 1.165) is 40.3 Å². The highest BCUT2D eigenvalue weighted by atomic mass is 32.1. The molecule has 0 aliphatic heterocycles. The number of hydrogen-bond donors (Lipinski definition) is 3. The van der Waals surface area contributed by atoms with Gasteiger partial charge in [-0.05, 0) is 49.2 Å². The first-order valence-corrected chi connectivity index (χ1v) is 15.3. The third kappa shape index (κ3) is 9.79. The van der Waals surface area contributed by atoms with Crippen LogP contribution in [0.2, 0.25) is 0 Å². The number of hydrogen-bond acceptors (Lipinski definition) is 6. The monoisotopic (exact) mass is 577 g/mol. The van der Waals surface area contributed by atoms with Crippen molar-refractivity contribution < 1.29 is 14.4 Å². The molecule has 2 atom stereocenters. The van der Waals surface area contributed by atoms with Crippen molar-refractivity contribution in [3.63, 3.8) is 0 Å². The molecule has 0 radical (unpaired) electrons. The summed E-state index contributed by atoms with van der Waals surface area (Å²) < 4.78 is 1.06. The van der Waals surface area contributed by atoms with E-state index in [4.69, 9.17) is 4.98 Å². The van der Waals surface area contributed by atoms with E-state index in [2.05, 4.69) is 46.5 Å². The van der Waals surface area contributed by atoms with Crippen LogP contribution in [0, 0.1) is 0 Å². The Morgan fingerprint density at radius 1 is 0.951 bits per heavy atom. The fourth-order valence-electron chi connectivity index (χ4n) is 4.51. The van der Waals surface area contributed by atoms with E-state index in [1.807, 2.05) is 50.2 Å². The Hall–Kier alpha value is -3.56. The van der Waals surface area contributed by atoms with Crippen molar-refractivity contribution in [3.8, 4) is 0 Å². The van der Waals surface area contributed by atoms with E-state index < -0.39 is 12.1 Å². The van der Waals surface area contributed by atoms with E-state index in [0.29, 0.717) is 18.5 Å². The molecule has 0 saturated heterocycles. The van der Waals surface area contributed by atoms with Crippen LogP contribution in [-0.4, -0.2) is 65.9 Å². The van der Waals surface area contributed by atoms with Crippen molar-refractivity contribution in [3.05, 3.63) is 76.8 Å². The second-order valence-electron chi connectivity index (χ2n) is 10.1. The summed E-state index contributed by atoms with van der Waals surface area (Å²) in [5, 5.41) is 9.71. The number of rotatable bonds is 16.